The number of aromatic amines is 1. The third-order valence-electron chi connectivity index (χ3n) is 4.81. The second-order valence-corrected chi connectivity index (χ2v) is 7.83. The maximum Gasteiger partial charge on any atom is 0.260 e. The summed E-state index contributed by atoms with van der Waals surface area (Å²) in [6.45, 7) is -0.554. The van der Waals surface area contributed by atoms with E-state index in [0.29, 0.717) is 17.3 Å². The lowest BCUT2D eigenvalue weighted by molar-refractivity contribution is -0.307. The van der Waals surface area contributed by atoms with Crippen LogP contribution in [0.4, 0.5) is 0 Å². The molecule has 4 rings (SSSR count). The van der Waals surface area contributed by atoms with Crippen LogP contribution in [0.3, 0.4) is 0 Å². The molecule has 0 amide bonds. The Morgan fingerprint density at radius 1 is 1.28 bits per heavy atom. The van der Waals surface area contributed by atoms with Gasteiger partial charge in [0.15, 0.2) is 11.5 Å². The average molecular weight is 411 g/mol. The van der Waals surface area contributed by atoms with E-state index < -0.39 is 12.6 Å². The molecule has 0 bridgehead atoms. The number of hydrogen-bond donors (Lipinski definition) is 1. The first-order chi connectivity index (χ1) is 14.0. The van der Waals surface area contributed by atoms with E-state index in [0.717, 1.165) is 47.0 Å². The minimum absolute atomic E-state index is 0.0994. The number of nitrogens with one attached hydrogen (secondary N) is 1. The number of aryl methyl sites for hydroxylation is 2. The van der Waals surface area contributed by atoms with Gasteiger partial charge < -0.3 is 24.4 Å². The van der Waals surface area contributed by atoms with Gasteiger partial charge in [0.05, 0.1) is 18.5 Å². The van der Waals surface area contributed by atoms with Crippen molar-refractivity contribution in [1.29, 1.82) is 0 Å². The van der Waals surface area contributed by atoms with Gasteiger partial charge in [-0.3, -0.25) is 4.79 Å². The minimum atomic E-state index is -1.31. The molecule has 0 unspecified atom stereocenters. The van der Waals surface area contributed by atoms with Crippen molar-refractivity contribution in [1.82, 2.24) is 9.97 Å². The summed E-state index contributed by atoms with van der Waals surface area (Å²) in [5, 5.41) is 11.3. The number of carboxylic acid groups (broad SMARTS) is 1. The molecule has 7 nitrogen and oxygen atoms in total. The molecule has 2 heterocycles. The van der Waals surface area contributed by atoms with Crippen molar-refractivity contribution in [3.8, 4) is 11.5 Å². The number of aromatic nitrogens is 2. The fourth-order valence-corrected chi connectivity index (χ4v) is 4.75. The summed E-state index contributed by atoms with van der Waals surface area (Å²) in [7, 11) is 1.47. The number of aliphatic carboxylic acids is 1. The first kappa shape index (κ1) is 19.2. The standard InChI is InChI=1S/C21H20N2O5S/c1-27-15-10-12(6-8-14(15)28-11-18(24)25)7-9-17-22-20(26)19-13-4-2-3-5-16(13)29-21(19)23-17/h6-10H,2-5,11H2,1H3,(H,24,25)(H,22,23,26)/p-1/b9-7+. The van der Waals surface area contributed by atoms with Gasteiger partial charge in [0, 0.05) is 4.88 Å². The van der Waals surface area contributed by atoms with E-state index >= 15 is 0 Å². The molecule has 3 aromatic rings. The Hall–Kier alpha value is -3.13. The van der Waals surface area contributed by atoms with Crippen molar-refractivity contribution in [2.45, 2.75) is 25.7 Å². The smallest absolute Gasteiger partial charge is 0.260 e. The molecular formula is C21H19N2O5S-. The van der Waals surface area contributed by atoms with Crippen LogP contribution >= 0.6 is 11.3 Å². The Labute approximate surface area is 170 Å². The number of nitrogens with zero attached hydrogens (tertiary/aromatic N) is 1. The molecule has 1 aliphatic carbocycles. The topological polar surface area (TPSA) is 104 Å². The third-order valence-corrected chi connectivity index (χ3v) is 6.00. The zero-order chi connectivity index (χ0) is 20.4. The Kier molecular flexibility index (Phi) is 5.35. The molecule has 2 aromatic heterocycles. The molecule has 0 fully saturated rings. The number of hydrogen-bond acceptors (Lipinski definition) is 7. The van der Waals surface area contributed by atoms with Gasteiger partial charge in [0.1, 0.15) is 17.3 Å². The molecule has 150 valence electrons. The summed E-state index contributed by atoms with van der Waals surface area (Å²) < 4.78 is 10.4. The Morgan fingerprint density at radius 2 is 2.10 bits per heavy atom. The van der Waals surface area contributed by atoms with Gasteiger partial charge in [-0.15, -0.1) is 11.3 Å². The molecule has 0 atom stereocenters. The molecule has 1 N–H and O–H groups in total. The molecule has 0 saturated heterocycles. The highest BCUT2D eigenvalue weighted by molar-refractivity contribution is 7.18. The fourth-order valence-electron chi connectivity index (χ4n) is 3.48. The van der Waals surface area contributed by atoms with E-state index in [1.165, 1.54) is 12.0 Å². The normalized spacial score (nSPS) is 13.6. The zero-order valence-corrected chi connectivity index (χ0v) is 16.6. The van der Waals surface area contributed by atoms with Crippen molar-refractivity contribution in [3.63, 3.8) is 0 Å². The van der Waals surface area contributed by atoms with Gasteiger partial charge in [-0.25, -0.2) is 4.98 Å². The molecule has 8 heteroatoms. The molecular weight excluding hydrogens is 392 g/mol. The molecule has 1 aromatic carbocycles. The number of rotatable bonds is 6. The third kappa shape index (κ3) is 4.02. The Bertz CT molecular complexity index is 1160. The van der Waals surface area contributed by atoms with Crippen LogP contribution in [-0.4, -0.2) is 29.7 Å². The summed E-state index contributed by atoms with van der Waals surface area (Å²) in [4.78, 5) is 32.7. The maximum atomic E-state index is 12.6. The number of fused-ring (bicyclic) bond motifs is 3. The first-order valence-corrected chi connectivity index (χ1v) is 10.1. The summed E-state index contributed by atoms with van der Waals surface area (Å²) in [5.41, 5.74) is 1.85. The van der Waals surface area contributed by atoms with E-state index in [4.69, 9.17) is 9.47 Å². The van der Waals surface area contributed by atoms with Crippen LogP contribution in [0.25, 0.3) is 22.4 Å². The van der Waals surface area contributed by atoms with Gasteiger partial charge in [-0.1, -0.05) is 12.1 Å². The van der Waals surface area contributed by atoms with E-state index in [1.807, 2.05) is 0 Å². The van der Waals surface area contributed by atoms with Crippen molar-refractivity contribution in [2.24, 2.45) is 0 Å². The number of carboxylic acids is 1. The van der Waals surface area contributed by atoms with Crippen LogP contribution in [0.5, 0.6) is 11.5 Å². The fraction of sp³-hybridized carbons (Fsp3) is 0.286. The van der Waals surface area contributed by atoms with Crippen LogP contribution in [0.1, 0.15) is 34.7 Å². The summed E-state index contributed by atoms with van der Waals surface area (Å²) in [6, 6.07) is 5.08. The lowest BCUT2D eigenvalue weighted by Gasteiger charge is -2.11. The number of thiophene rings is 1. The SMILES string of the molecule is COc1cc(/C=C/c2nc3sc4c(c3c(=O)[nH]2)CCCC4)ccc1OCC(=O)[O-]. The lowest BCUT2D eigenvalue weighted by atomic mass is 9.97. The second-order valence-electron chi connectivity index (χ2n) is 6.75. The molecule has 29 heavy (non-hydrogen) atoms. The average Bonchev–Trinajstić information content (AvgIpc) is 3.09. The number of methoxy groups -OCH3 is 1. The van der Waals surface area contributed by atoms with Gasteiger partial charge in [0.25, 0.3) is 5.56 Å². The van der Waals surface area contributed by atoms with Crippen molar-refractivity contribution in [2.75, 3.05) is 13.7 Å². The van der Waals surface area contributed by atoms with E-state index in [1.54, 1.807) is 41.7 Å². The predicted molar refractivity (Wildman–Crippen MR) is 109 cm³/mol. The van der Waals surface area contributed by atoms with Gasteiger partial charge in [-0.2, -0.15) is 0 Å². The van der Waals surface area contributed by atoms with Crippen molar-refractivity contribution in [3.05, 3.63) is 50.4 Å². The molecule has 0 aliphatic heterocycles. The molecule has 0 radical (unpaired) electrons. The van der Waals surface area contributed by atoms with E-state index in [9.17, 15) is 14.7 Å². The molecule has 0 saturated carbocycles. The van der Waals surface area contributed by atoms with Crippen LogP contribution in [0, 0.1) is 0 Å². The quantitative estimate of drug-likeness (QED) is 0.667. The van der Waals surface area contributed by atoms with E-state index in [2.05, 4.69) is 9.97 Å². The first-order valence-electron chi connectivity index (χ1n) is 9.28. The zero-order valence-electron chi connectivity index (χ0n) is 15.8. The molecule has 1 aliphatic rings. The Balaban J connectivity index is 1.61. The van der Waals surface area contributed by atoms with Crippen molar-refractivity contribution < 1.29 is 19.4 Å². The number of carbonyl (C=O) groups is 1. The summed E-state index contributed by atoms with van der Waals surface area (Å²) >= 11 is 1.61. The summed E-state index contributed by atoms with van der Waals surface area (Å²) in [5.74, 6) is -0.115. The van der Waals surface area contributed by atoms with Gasteiger partial charge in [0.2, 0.25) is 0 Å². The second kappa shape index (κ2) is 8.08. The van der Waals surface area contributed by atoms with Crippen LogP contribution in [-0.2, 0) is 17.6 Å². The number of ether oxygens (including phenoxy) is 2. The van der Waals surface area contributed by atoms with Crippen LogP contribution in [0.2, 0.25) is 0 Å². The molecule has 0 spiro atoms. The highest BCUT2D eigenvalue weighted by atomic mass is 32.1. The monoisotopic (exact) mass is 411 g/mol. The maximum absolute atomic E-state index is 12.6. The number of benzene rings is 1. The predicted octanol–water partition coefficient (Wildman–Crippen LogP) is 2.17. The van der Waals surface area contributed by atoms with Gasteiger partial charge >= 0.3 is 0 Å². The largest absolute Gasteiger partial charge is 0.546 e. The van der Waals surface area contributed by atoms with Gasteiger partial charge in [-0.05, 0) is 55.0 Å². The highest BCUT2D eigenvalue weighted by Crippen LogP contribution is 2.33. The number of carbonyl (C=O) groups excluding carboxylic acids is 1. The number of H-pyrrole nitrogens is 1. The Morgan fingerprint density at radius 3 is 2.90 bits per heavy atom. The summed E-state index contributed by atoms with van der Waals surface area (Å²) in [6.07, 6.45) is 7.77. The van der Waals surface area contributed by atoms with Crippen LogP contribution in [0.15, 0.2) is 23.0 Å². The highest BCUT2D eigenvalue weighted by Gasteiger charge is 2.19. The lowest BCUT2D eigenvalue weighted by Crippen LogP contribution is -2.29. The van der Waals surface area contributed by atoms with Crippen LogP contribution < -0.4 is 20.1 Å². The minimum Gasteiger partial charge on any atom is -0.546 e. The van der Waals surface area contributed by atoms with Crippen molar-refractivity contribution >= 4 is 39.7 Å². The van der Waals surface area contributed by atoms with E-state index in [-0.39, 0.29) is 5.56 Å².